The SMILES string of the molecule is O=C(O)CC=Cc1nccc(C(=O)O)c1F. The second kappa shape index (κ2) is 5.01. The van der Waals surface area contributed by atoms with E-state index in [1.54, 1.807) is 0 Å². The zero-order valence-electron chi connectivity index (χ0n) is 8.05. The van der Waals surface area contributed by atoms with Gasteiger partial charge in [-0.3, -0.25) is 9.78 Å². The van der Waals surface area contributed by atoms with Gasteiger partial charge in [-0.25, -0.2) is 9.18 Å². The van der Waals surface area contributed by atoms with Crippen molar-refractivity contribution < 1.29 is 24.2 Å². The highest BCUT2D eigenvalue weighted by Gasteiger charge is 2.12. The summed E-state index contributed by atoms with van der Waals surface area (Å²) in [4.78, 5) is 24.4. The fourth-order valence-corrected chi connectivity index (χ4v) is 1.01. The first-order valence-corrected chi connectivity index (χ1v) is 4.28. The summed E-state index contributed by atoms with van der Waals surface area (Å²) in [6.45, 7) is 0. The van der Waals surface area contributed by atoms with Gasteiger partial charge in [-0.1, -0.05) is 6.08 Å². The number of carbonyl (C=O) groups is 2. The van der Waals surface area contributed by atoms with Gasteiger partial charge in [0, 0.05) is 6.20 Å². The van der Waals surface area contributed by atoms with E-state index in [1.807, 2.05) is 0 Å². The summed E-state index contributed by atoms with van der Waals surface area (Å²) in [6, 6.07) is 1.03. The van der Waals surface area contributed by atoms with E-state index in [9.17, 15) is 14.0 Å². The van der Waals surface area contributed by atoms with E-state index in [4.69, 9.17) is 10.2 Å². The fourth-order valence-electron chi connectivity index (χ4n) is 1.01. The lowest BCUT2D eigenvalue weighted by atomic mass is 10.2. The molecule has 0 bridgehead atoms. The second-order valence-corrected chi connectivity index (χ2v) is 2.86. The number of carboxylic acids is 2. The lowest BCUT2D eigenvalue weighted by Crippen LogP contribution is -2.03. The van der Waals surface area contributed by atoms with Crippen molar-refractivity contribution in [2.24, 2.45) is 0 Å². The summed E-state index contributed by atoms with van der Waals surface area (Å²) in [5.74, 6) is -3.43. The van der Waals surface area contributed by atoms with Gasteiger partial charge in [0.2, 0.25) is 0 Å². The van der Waals surface area contributed by atoms with E-state index < -0.39 is 23.3 Å². The van der Waals surface area contributed by atoms with Crippen LogP contribution in [0.1, 0.15) is 22.5 Å². The molecule has 0 fully saturated rings. The number of hydrogen-bond donors (Lipinski definition) is 2. The Bertz CT molecular complexity index is 456. The third-order valence-corrected chi connectivity index (χ3v) is 1.71. The first-order chi connectivity index (χ1) is 7.52. The summed E-state index contributed by atoms with van der Waals surface area (Å²) in [5, 5.41) is 17.0. The van der Waals surface area contributed by atoms with Crippen molar-refractivity contribution in [1.29, 1.82) is 0 Å². The van der Waals surface area contributed by atoms with Gasteiger partial charge in [0.15, 0.2) is 5.82 Å². The van der Waals surface area contributed by atoms with Gasteiger partial charge in [0.05, 0.1) is 17.7 Å². The Labute approximate surface area is 89.9 Å². The van der Waals surface area contributed by atoms with Crippen molar-refractivity contribution in [1.82, 2.24) is 4.98 Å². The predicted octanol–water partition coefficient (Wildman–Crippen LogP) is 1.41. The Morgan fingerprint density at radius 2 is 2.12 bits per heavy atom. The van der Waals surface area contributed by atoms with Crippen LogP contribution in [-0.4, -0.2) is 27.1 Å². The maximum atomic E-state index is 13.4. The van der Waals surface area contributed by atoms with Gasteiger partial charge in [-0.05, 0) is 12.1 Å². The van der Waals surface area contributed by atoms with Crippen LogP contribution in [0.3, 0.4) is 0 Å². The van der Waals surface area contributed by atoms with Crippen LogP contribution in [0.25, 0.3) is 6.08 Å². The number of rotatable bonds is 4. The molecule has 0 aliphatic rings. The maximum Gasteiger partial charge on any atom is 0.338 e. The summed E-state index contributed by atoms with van der Waals surface area (Å²) in [7, 11) is 0. The minimum absolute atomic E-state index is 0.193. The van der Waals surface area contributed by atoms with Gasteiger partial charge < -0.3 is 10.2 Å². The van der Waals surface area contributed by atoms with Crippen LogP contribution >= 0.6 is 0 Å². The molecule has 1 rings (SSSR count). The number of hydrogen-bond acceptors (Lipinski definition) is 3. The molecule has 0 amide bonds. The van der Waals surface area contributed by atoms with Crippen molar-refractivity contribution in [3.8, 4) is 0 Å². The Hall–Kier alpha value is -2.24. The Kier molecular flexibility index (Phi) is 3.71. The molecule has 0 aliphatic heterocycles. The molecule has 0 radical (unpaired) electrons. The van der Waals surface area contributed by atoms with Crippen LogP contribution in [0.5, 0.6) is 0 Å². The van der Waals surface area contributed by atoms with Crippen LogP contribution in [0.4, 0.5) is 4.39 Å². The first-order valence-electron chi connectivity index (χ1n) is 4.28. The maximum absolute atomic E-state index is 13.4. The van der Waals surface area contributed by atoms with Gasteiger partial charge in [-0.2, -0.15) is 0 Å². The van der Waals surface area contributed by atoms with Gasteiger partial charge in [0.25, 0.3) is 0 Å². The van der Waals surface area contributed by atoms with Crippen molar-refractivity contribution in [3.05, 3.63) is 35.4 Å². The lowest BCUT2D eigenvalue weighted by Gasteiger charge is -1.99. The van der Waals surface area contributed by atoms with Crippen molar-refractivity contribution in [3.63, 3.8) is 0 Å². The average Bonchev–Trinajstić information content (AvgIpc) is 2.19. The van der Waals surface area contributed by atoms with Crippen molar-refractivity contribution >= 4 is 18.0 Å². The van der Waals surface area contributed by atoms with Crippen LogP contribution in [-0.2, 0) is 4.79 Å². The van der Waals surface area contributed by atoms with E-state index in [0.717, 1.165) is 18.3 Å². The number of aliphatic carboxylic acids is 1. The number of carboxylic acid groups (broad SMARTS) is 2. The monoisotopic (exact) mass is 225 g/mol. The van der Waals surface area contributed by atoms with Crippen LogP contribution in [0, 0.1) is 5.82 Å². The average molecular weight is 225 g/mol. The Morgan fingerprint density at radius 3 is 2.69 bits per heavy atom. The number of halogens is 1. The molecule has 1 aromatic heterocycles. The fraction of sp³-hybridized carbons (Fsp3) is 0.100. The predicted molar refractivity (Wildman–Crippen MR) is 52.4 cm³/mol. The molecule has 1 aromatic rings. The van der Waals surface area contributed by atoms with Gasteiger partial charge >= 0.3 is 11.9 Å². The molecule has 84 valence electrons. The van der Waals surface area contributed by atoms with Crippen molar-refractivity contribution in [2.75, 3.05) is 0 Å². The molecule has 0 spiro atoms. The number of aromatic nitrogens is 1. The quantitative estimate of drug-likeness (QED) is 0.808. The first kappa shape index (κ1) is 11.8. The zero-order chi connectivity index (χ0) is 12.1. The van der Waals surface area contributed by atoms with E-state index in [0.29, 0.717) is 0 Å². The molecule has 0 atom stereocenters. The molecule has 0 aromatic carbocycles. The molecule has 0 saturated carbocycles. The third kappa shape index (κ3) is 2.88. The molecule has 16 heavy (non-hydrogen) atoms. The second-order valence-electron chi connectivity index (χ2n) is 2.86. The zero-order valence-corrected chi connectivity index (χ0v) is 8.05. The van der Waals surface area contributed by atoms with E-state index in [2.05, 4.69) is 4.98 Å². The van der Waals surface area contributed by atoms with Gasteiger partial charge in [-0.15, -0.1) is 0 Å². The number of pyridine rings is 1. The molecule has 0 unspecified atom stereocenters. The minimum Gasteiger partial charge on any atom is -0.481 e. The Balaban J connectivity index is 2.97. The van der Waals surface area contributed by atoms with Crippen molar-refractivity contribution in [2.45, 2.75) is 6.42 Å². The summed E-state index contributed by atoms with van der Waals surface area (Å²) in [6.07, 6.45) is 3.20. The molecule has 0 aliphatic carbocycles. The Morgan fingerprint density at radius 1 is 1.44 bits per heavy atom. The molecular formula is C10H8FNO4. The number of aromatic carboxylic acids is 1. The number of nitrogens with zero attached hydrogens (tertiary/aromatic N) is 1. The summed E-state index contributed by atoms with van der Waals surface area (Å²) in [5.41, 5.74) is -0.689. The molecule has 2 N–H and O–H groups in total. The largest absolute Gasteiger partial charge is 0.481 e. The highest BCUT2D eigenvalue weighted by Crippen LogP contribution is 2.11. The standard InChI is InChI=1S/C10H8FNO4/c11-9-6(10(15)16)4-5-12-7(9)2-1-3-8(13)14/h1-2,4-5H,3H2,(H,13,14)(H,15,16). The normalized spacial score (nSPS) is 10.6. The highest BCUT2D eigenvalue weighted by molar-refractivity contribution is 5.88. The summed E-state index contributed by atoms with van der Waals surface area (Å²) < 4.78 is 13.4. The van der Waals surface area contributed by atoms with Crippen LogP contribution in [0.2, 0.25) is 0 Å². The summed E-state index contributed by atoms with van der Waals surface area (Å²) >= 11 is 0. The highest BCUT2D eigenvalue weighted by atomic mass is 19.1. The molecule has 5 nitrogen and oxygen atoms in total. The lowest BCUT2D eigenvalue weighted by molar-refractivity contribution is -0.135. The van der Waals surface area contributed by atoms with E-state index >= 15 is 0 Å². The molecule has 0 saturated heterocycles. The van der Waals surface area contributed by atoms with E-state index in [1.165, 1.54) is 6.08 Å². The topological polar surface area (TPSA) is 87.5 Å². The smallest absolute Gasteiger partial charge is 0.338 e. The van der Waals surface area contributed by atoms with Gasteiger partial charge in [0.1, 0.15) is 0 Å². The molecular weight excluding hydrogens is 217 g/mol. The molecule has 1 heterocycles. The molecule has 6 heteroatoms. The minimum atomic E-state index is -1.40. The third-order valence-electron chi connectivity index (χ3n) is 1.71. The van der Waals surface area contributed by atoms with Crippen LogP contribution < -0.4 is 0 Å². The van der Waals surface area contributed by atoms with Crippen LogP contribution in [0.15, 0.2) is 18.3 Å². The van der Waals surface area contributed by atoms with E-state index in [-0.39, 0.29) is 12.1 Å².